The Labute approximate surface area is 104 Å². The average molecular weight is 242 g/mol. The predicted octanol–water partition coefficient (Wildman–Crippen LogP) is 1.50. The van der Waals surface area contributed by atoms with E-state index in [0.29, 0.717) is 10.9 Å². The topological polar surface area (TPSA) is 37.3 Å². The number of carboxylic acid groups (broad SMARTS) is 1. The zero-order valence-electron chi connectivity index (χ0n) is 9.97. The van der Waals surface area contributed by atoms with Crippen molar-refractivity contribution >= 4 is 19.5 Å². The van der Waals surface area contributed by atoms with Gasteiger partial charge in [-0.15, -0.1) is 0 Å². The smallest absolute Gasteiger partial charge is 0.362 e. The van der Waals surface area contributed by atoms with Crippen LogP contribution >= 0.6 is 13.5 Å². The molecular weight excluding hydrogens is 222 g/mol. The van der Waals surface area contributed by atoms with Crippen LogP contribution in [0.5, 0.6) is 0 Å². The maximum absolute atomic E-state index is 11.1. The summed E-state index contributed by atoms with van der Waals surface area (Å²) in [5, 5.41) is 9.15. The van der Waals surface area contributed by atoms with Gasteiger partial charge >= 0.3 is 5.97 Å². The number of rotatable bonds is 4. The number of quaternary nitrogens is 1. The molecule has 1 aromatic carbocycles. The molecule has 16 heavy (non-hydrogen) atoms. The largest absolute Gasteiger partial charge is 0.477 e. The molecule has 0 bridgehead atoms. The number of carbonyl (C=O) groups is 1. The first kappa shape index (κ1) is 15.0. The van der Waals surface area contributed by atoms with Crippen LogP contribution < -0.4 is 0 Å². The zero-order valence-corrected chi connectivity index (χ0v) is 11.0. The van der Waals surface area contributed by atoms with Crippen molar-refractivity contribution in [1.82, 2.24) is 0 Å². The molecule has 0 heterocycles. The normalized spacial score (nSPS) is 12.7. The molecule has 1 atom stereocenters. The van der Waals surface area contributed by atoms with Crippen LogP contribution in [0.2, 0.25) is 0 Å². The number of nitrogens with zero attached hydrogens (tertiary/aromatic N) is 1. The summed E-state index contributed by atoms with van der Waals surface area (Å²) < 4.78 is 0.435. The Balaban J connectivity index is 0.00000225. The Morgan fingerprint density at radius 2 is 1.75 bits per heavy atom. The molecule has 0 aliphatic carbocycles. The van der Waals surface area contributed by atoms with Crippen LogP contribution in [0, 0.1) is 0 Å². The van der Waals surface area contributed by atoms with Crippen molar-refractivity contribution in [3.8, 4) is 0 Å². The lowest BCUT2D eigenvalue weighted by molar-refractivity contribution is -0.887. The van der Waals surface area contributed by atoms with E-state index in [1.54, 1.807) is 0 Å². The van der Waals surface area contributed by atoms with Crippen LogP contribution in [-0.4, -0.2) is 42.7 Å². The maximum atomic E-state index is 11.1. The highest BCUT2D eigenvalue weighted by Crippen LogP contribution is 2.11. The molecule has 3 nitrogen and oxygen atoms in total. The molecule has 4 heteroatoms. The third-order valence-electron chi connectivity index (χ3n) is 2.49. The average Bonchev–Trinajstić information content (AvgIpc) is 2.13. The Hall–Kier alpha value is -1.00. The highest BCUT2D eigenvalue weighted by atomic mass is 32.1. The van der Waals surface area contributed by atoms with Crippen molar-refractivity contribution in [2.75, 3.05) is 21.1 Å². The molecular formula is C12H20NO2S+. The number of hydrogen-bond donors (Lipinski definition) is 1. The molecule has 1 N–H and O–H groups in total. The molecule has 0 aliphatic rings. The quantitative estimate of drug-likeness (QED) is 0.813. The predicted molar refractivity (Wildman–Crippen MR) is 70.0 cm³/mol. The van der Waals surface area contributed by atoms with Crippen LogP contribution in [0.4, 0.5) is 0 Å². The van der Waals surface area contributed by atoms with E-state index in [0.717, 1.165) is 5.56 Å². The molecule has 90 valence electrons. The second-order valence-corrected chi connectivity index (χ2v) is 4.66. The van der Waals surface area contributed by atoms with E-state index in [1.807, 2.05) is 51.5 Å². The fourth-order valence-corrected chi connectivity index (χ4v) is 1.53. The van der Waals surface area contributed by atoms with Crippen LogP contribution in [0.3, 0.4) is 0 Å². The third-order valence-corrected chi connectivity index (χ3v) is 2.49. The van der Waals surface area contributed by atoms with Crippen LogP contribution in [0.15, 0.2) is 30.3 Å². The molecule has 1 rings (SSSR count). The van der Waals surface area contributed by atoms with Crippen molar-refractivity contribution in [2.45, 2.75) is 12.5 Å². The molecule has 0 fully saturated rings. The Kier molecular flexibility index (Phi) is 5.55. The lowest BCUT2D eigenvalue weighted by Crippen LogP contribution is -2.51. The zero-order chi connectivity index (χ0) is 11.5. The van der Waals surface area contributed by atoms with Gasteiger partial charge in [0, 0.05) is 6.42 Å². The Morgan fingerprint density at radius 1 is 1.25 bits per heavy atom. The van der Waals surface area contributed by atoms with Gasteiger partial charge in [-0.25, -0.2) is 4.79 Å². The summed E-state index contributed by atoms with van der Waals surface area (Å²) in [6, 6.07) is 9.34. The minimum atomic E-state index is -0.744. The first-order valence-corrected chi connectivity index (χ1v) is 4.99. The number of likely N-dealkylation sites (N-methyl/N-ethyl adjacent to an activating group) is 1. The lowest BCUT2D eigenvalue weighted by atomic mass is 10.0. The maximum Gasteiger partial charge on any atom is 0.362 e. The van der Waals surface area contributed by atoms with Crippen LogP contribution in [-0.2, 0) is 11.2 Å². The second kappa shape index (κ2) is 5.92. The van der Waals surface area contributed by atoms with Gasteiger partial charge in [-0.05, 0) is 5.56 Å². The molecule has 0 amide bonds. The van der Waals surface area contributed by atoms with E-state index >= 15 is 0 Å². The third kappa shape index (κ3) is 4.24. The number of aliphatic carboxylic acids is 1. The summed E-state index contributed by atoms with van der Waals surface area (Å²) >= 11 is 0. The number of benzene rings is 1. The monoisotopic (exact) mass is 242 g/mol. The number of hydrogen-bond acceptors (Lipinski definition) is 1. The molecule has 0 spiro atoms. The highest BCUT2D eigenvalue weighted by molar-refractivity contribution is 7.59. The van der Waals surface area contributed by atoms with E-state index in [-0.39, 0.29) is 13.5 Å². The summed E-state index contributed by atoms with van der Waals surface area (Å²) in [6.45, 7) is 0. The summed E-state index contributed by atoms with van der Waals surface area (Å²) in [5.41, 5.74) is 1.07. The van der Waals surface area contributed by atoms with E-state index in [4.69, 9.17) is 5.11 Å². The first-order valence-electron chi connectivity index (χ1n) is 4.99. The van der Waals surface area contributed by atoms with E-state index in [2.05, 4.69) is 0 Å². The molecule has 1 aromatic rings. The molecule has 0 radical (unpaired) electrons. The minimum absolute atomic E-state index is 0. The lowest BCUT2D eigenvalue weighted by Gasteiger charge is -2.31. The number of carboxylic acids is 1. The first-order chi connectivity index (χ1) is 6.91. The standard InChI is InChI=1S/C12H17NO2.H2S/c1-13(2,3)11(12(14)15)9-10-7-5-4-6-8-10;/h4-8,11H,9H2,1-3H3;1H2/p+1. The van der Waals surface area contributed by atoms with E-state index < -0.39 is 12.0 Å². The van der Waals surface area contributed by atoms with Gasteiger partial charge < -0.3 is 9.59 Å². The fourth-order valence-electron chi connectivity index (χ4n) is 1.53. The van der Waals surface area contributed by atoms with Gasteiger partial charge in [0.25, 0.3) is 0 Å². The van der Waals surface area contributed by atoms with E-state index in [9.17, 15) is 4.79 Å². The van der Waals surface area contributed by atoms with Crippen LogP contribution in [0.1, 0.15) is 5.56 Å². The molecule has 0 aromatic heterocycles. The van der Waals surface area contributed by atoms with Crippen molar-refractivity contribution in [2.24, 2.45) is 0 Å². The molecule has 0 aliphatic heterocycles. The SMILES string of the molecule is C[N+](C)(C)C(Cc1ccccc1)C(=O)O.S. The summed E-state index contributed by atoms with van der Waals surface area (Å²) in [7, 11) is 5.71. The van der Waals surface area contributed by atoms with Gasteiger partial charge in [-0.1, -0.05) is 30.3 Å². The Bertz CT molecular complexity index is 333. The second-order valence-electron chi connectivity index (χ2n) is 4.66. The Morgan fingerprint density at radius 3 is 2.12 bits per heavy atom. The van der Waals surface area contributed by atoms with Gasteiger partial charge in [0.2, 0.25) is 0 Å². The van der Waals surface area contributed by atoms with E-state index in [1.165, 1.54) is 0 Å². The van der Waals surface area contributed by atoms with Gasteiger partial charge in [0.05, 0.1) is 21.1 Å². The van der Waals surface area contributed by atoms with Gasteiger partial charge in [0.15, 0.2) is 6.04 Å². The van der Waals surface area contributed by atoms with Crippen molar-refractivity contribution in [3.05, 3.63) is 35.9 Å². The van der Waals surface area contributed by atoms with Crippen molar-refractivity contribution in [1.29, 1.82) is 0 Å². The molecule has 0 saturated heterocycles. The van der Waals surface area contributed by atoms with Gasteiger partial charge in [0.1, 0.15) is 0 Å². The molecule has 1 unspecified atom stereocenters. The van der Waals surface area contributed by atoms with Crippen molar-refractivity contribution in [3.63, 3.8) is 0 Å². The van der Waals surface area contributed by atoms with Crippen LogP contribution in [0.25, 0.3) is 0 Å². The van der Waals surface area contributed by atoms with Gasteiger partial charge in [-0.3, -0.25) is 0 Å². The highest BCUT2D eigenvalue weighted by Gasteiger charge is 2.31. The van der Waals surface area contributed by atoms with Crippen molar-refractivity contribution < 1.29 is 14.4 Å². The summed E-state index contributed by atoms with van der Waals surface area (Å²) in [5.74, 6) is -0.744. The summed E-state index contributed by atoms with van der Waals surface area (Å²) in [6.07, 6.45) is 0.569. The van der Waals surface area contributed by atoms with Gasteiger partial charge in [-0.2, -0.15) is 13.5 Å². The molecule has 0 saturated carbocycles. The fraction of sp³-hybridized carbons (Fsp3) is 0.417. The summed E-state index contributed by atoms with van der Waals surface area (Å²) in [4.78, 5) is 11.1. The minimum Gasteiger partial charge on any atom is -0.477 e.